The van der Waals surface area contributed by atoms with Crippen LogP contribution in [0.15, 0.2) is 16.8 Å². The van der Waals surface area contributed by atoms with Crippen molar-refractivity contribution in [2.75, 3.05) is 13.1 Å². The number of nitrogens with one attached hydrogen (secondary N) is 1. The molecule has 0 saturated carbocycles. The largest absolute Gasteiger partial charge is 0.507 e. The first-order valence-electron chi connectivity index (χ1n) is 11.9. The first-order chi connectivity index (χ1) is 17.3. The van der Waals surface area contributed by atoms with Gasteiger partial charge in [0.2, 0.25) is 5.91 Å². The Morgan fingerprint density at radius 1 is 1.11 bits per heavy atom. The lowest BCUT2D eigenvalue weighted by Crippen LogP contribution is -2.47. The van der Waals surface area contributed by atoms with Crippen LogP contribution in [0.1, 0.15) is 67.9 Å². The predicted octanol–water partition coefficient (Wildman–Crippen LogP) is 2.13. The molecule has 37 heavy (non-hydrogen) atoms. The van der Waals surface area contributed by atoms with E-state index in [0.29, 0.717) is 12.8 Å². The zero-order valence-corrected chi connectivity index (χ0v) is 21.1. The minimum atomic E-state index is -1.58. The molecule has 198 valence electrons. The number of phenols is 2. The van der Waals surface area contributed by atoms with Gasteiger partial charge in [-0.15, -0.1) is 0 Å². The molecule has 1 heterocycles. The van der Waals surface area contributed by atoms with Gasteiger partial charge >= 0.3 is 5.97 Å². The lowest BCUT2D eigenvalue weighted by molar-refractivity contribution is -0.137. The number of phenolic OH excluding ortho intramolecular Hbond substituents is 2. The van der Waals surface area contributed by atoms with Gasteiger partial charge in [0.25, 0.3) is 0 Å². The Bertz CT molecular complexity index is 1260. The van der Waals surface area contributed by atoms with E-state index in [1.165, 1.54) is 27.7 Å². The van der Waals surface area contributed by atoms with Crippen molar-refractivity contribution in [3.05, 3.63) is 28.5 Å². The van der Waals surface area contributed by atoms with E-state index >= 15 is 0 Å². The lowest BCUT2D eigenvalue weighted by atomic mass is 9.67. The summed E-state index contributed by atoms with van der Waals surface area (Å²) in [4.78, 5) is 65.6. The van der Waals surface area contributed by atoms with Crippen LogP contribution < -0.4 is 10.1 Å². The van der Waals surface area contributed by atoms with Gasteiger partial charge < -0.3 is 25.4 Å². The molecule has 1 amide bonds. The number of hydrogen-bond donors (Lipinski definition) is 4. The van der Waals surface area contributed by atoms with Crippen molar-refractivity contribution in [1.29, 1.82) is 0 Å². The van der Waals surface area contributed by atoms with Crippen LogP contribution in [0, 0.1) is 12.8 Å². The number of carbonyl (C=O) groups excluding carboxylic acids is 4. The van der Waals surface area contributed by atoms with E-state index in [1.54, 1.807) is 0 Å². The third-order valence-corrected chi connectivity index (χ3v) is 6.74. The molecule has 0 saturated heterocycles. The third-order valence-electron chi connectivity index (χ3n) is 6.74. The van der Waals surface area contributed by atoms with Gasteiger partial charge in [-0.1, -0.05) is 0 Å². The molecule has 4 N–H and O–H groups in total. The SMILES string of the molecule is CC(=O)c1c(O)c(C)c(O)c2c1OC1=CC(=O)C(C(C)=NCCCC(=O)NCCCC(=O)O)C(=O)C12C. The Morgan fingerprint density at radius 2 is 1.78 bits per heavy atom. The number of aromatic hydroxyl groups is 2. The summed E-state index contributed by atoms with van der Waals surface area (Å²) in [6.07, 6.45) is 1.94. The van der Waals surface area contributed by atoms with Crippen LogP contribution in [0.4, 0.5) is 0 Å². The summed E-state index contributed by atoms with van der Waals surface area (Å²) in [7, 11) is 0. The number of carboxylic acid groups (broad SMARTS) is 1. The molecule has 1 aromatic rings. The summed E-state index contributed by atoms with van der Waals surface area (Å²) < 4.78 is 5.73. The number of carboxylic acids is 1. The summed E-state index contributed by atoms with van der Waals surface area (Å²) in [5.74, 6) is -5.14. The number of fused-ring (bicyclic) bond motifs is 3. The quantitative estimate of drug-likeness (QED) is 0.157. The van der Waals surface area contributed by atoms with E-state index in [4.69, 9.17) is 9.84 Å². The Hall–Kier alpha value is -4.02. The van der Waals surface area contributed by atoms with E-state index < -0.39 is 46.2 Å². The van der Waals surface area contributed by atoms with Crippen molar-refractivity contribution in [3.8, 4) is 17.2 Å². The predicted molar refractivity (Wildman–Crippen MR) is 131 cm³/mol. The number of aliphatic carboxylic acids is 1. The smallest absolute Gasteiger partial charge is 0.303 e. The van der Waals surface area contributed by atoms with E-state index in [2.05, 4.69) is 10.3 Å². The zero-order valence-electron chi connectivity index (χ0n) is 21.1. The maximum absolute atomic E-state index is 13.7. The van der Waals surface area contributed by atoms with Crippen LogP contribution in [0.2, 0.25) is 0 Å². The van der Waals surface area contributed by atoms with Crippen molar-refractivity contribution < 1.29 is 44.0 Å². The lowest BCUT2D eigenvalue weighted by Gasteiger charge is -2.31. The number of ether oxygens (including phenoxy) is 1. The second-order valence-corrected chi connectivity index (χ2v) is 9.37. The van der Waals surface area contributed by atoms with Crippen LogP contribution in [0.25, 0.3) is 0 Å². The molecule has 11 nitrogen and oxygen atoms in total. The number of allylic oxidation sites excluding steroid dienone is 2. The molecular formula is C26H30N2O9. The molecule has 2 atom stereocenters. The Morgan fingerprint density at radius 3 is 2.41 bits per heavy atom. The fourth-order valence-corrected chi connectivity index (χ4v) is 4.64. The highest BCUT2D eigenvalue weighted by molar-refractivity contribution is 6.29. The van der Waals surface area contributed by atoms with Gasteiger partial charge in [0.15, 0.2) is 17.3 Å². The number of Topliss-reactive ketones (excluding diaryl/α,β-unsaturated/α-hetero) is 2. The summed E-state index contributed by atoms with van der Waals surface area (Å²) >= 11 is 0. The van der Waals surface area contributed by atoms with E-state index in [1.807, 2.05) is 0 Å². The number of ketones is 3. The van der Waals surface area contributed by atoms with Crippen LogP contribution in [-0.4, -0.2) is 63.3 Å². The number of carbonyl (C=O) groups is 5. The number of aliphatic imine (C=N–C) groups is 1. The summed E-state index contributed by atoms with van der Waals surface area (Å²) in [6, 6.07) is 0. The van der Waals surface area contributed by atoms with Gasteiger partial charge in [0, 0.05) is 43.3 Å². The number of benzene rings is 1. The van der Waals surface area contributed by atoms with Gasteiger partial charge in [0.05, 0.1) is 5.56 Å². The second kappa shape index (κ2) is 10.5. The molecule has 0 aromatic heterocycles. The van der Waals surface area contributed by atoms with Crippen molar-refractivity contribution >= 4 is 34.9 Å². The van der Waals surface area contributed by atoms with Crippen LogP contribution in [-0.2, 0) is 24.6 Å². The second-order valence-electron chi connectivity index (χ2n) is 9.37. The molecule has 2 aliphatic rings. The molecule has 0 spiro atoms. The molecule has 0 bridgehead atoms. The summed E-state index contributed by atoms with van der Waals surface area (Å²) in [5.41, 5.74) is -1.47. The zero-order chi connectivity index (χ0) is 27.7. The Labute approximate surface area is 213 Å². The average molecular weight is 515 g/mol. The first-order valence-corrected chi connectivity index (χ1v) is 11.9. The summed E-state index contributed by atoms with van der Waals surface area (Å²) in [6.45, 7) is 6.09. The molecule has 2 unspecified atom stereocenters. The first kappa shape index (κ1) is 27.6. The molecule has 11 heteroatoms. The molecule has 1 aliphatic heterocycles. The fraction of sp³-hybridized carbons (Fsp3) is 0.462. The van der Waals surface area contributed by atoms with E-state index in [0.717, 1.165) is 6.08 Å². The van der Waals surface area contributed by atoms with Crippen LogP contribution in [0.5, 0.6) is 17.2 Å². The standard InChI is InChI=1S/C26H30N2O9/c1-12-22(34)20(14(3)29)24-21(23(12)35)26(4)16(37-24)11-15(30)19(25(26)36)13(2)27-9-5-7-17(31)28-10-6-8-18(32)33/h11,19,34-35H,5-10H2,1-4H3,(H,28,31)(H,32,33). The molecule has 0 fully saturated rings. The molecule has 0 radical (unpaired) electrons. The Balaban J connectivity index is 1.79. The van der Waals surface area contributed by atoms with Crippen LogP contribution >= 0.6 is 0 Å². The monoisotopic (exact) mass is 514 g/mol. The number of nitrogens with zero attached hydrogens (tertiary/aromatic N) is 1. The van der Waals surface area contributed by atoms with Crippen molar-refractivity contribution in [2.45, 2.75) is 58.8 Å². The minimum Gasteiger partial charge on any atom is -0.507 e. The summed E-state index contributed by atoms with van der Waals surface area (Å²) in [5, 5.41) is 32.5. The van der Waals surface area contributed by atoms with E-state index in [9.17, 15) is 34.2 Å². The van der Waals surface area contributed by atoms with Crippen molar-refractivity contribution in [2.24, 2.45) is 10.9 Å². The highest BCUT2D eigenvalue weighted by Crippen LogP contribution is 2.57. The maximum atomic E-state index is 13.7. The van der Waals surface area contributed by atoms with Gasteiger partial charge in [0.1, 0.15) is 39.9 Å². The number of rotatable bonds is 10. The fourth-order valence-electron chi connectivity index (χ4n) is 4.64. The maximum Gasteiger partial charge on any atom is 0.303 e. The molecular weight excluding hydrogens is 484 g/mol. The van der Waals surface area contributed by atoms with Gasteiger partial charge in [-0.2, -0.15) is 0 Å². The third kappa shape index (κ3) is 4.98. The molecule has 1 aliphatic carbocycles. The highest BCUT2D eigenvalue weighted by Gasteiger charge is 2.57. The van der Waals surface area contributed by atoms with Crippen LogP contribution in [0.3, 0.4) is 0 Å². The number of hydrogen-bond acceptors (Lipinski definition) is 9. The molecule has 1 aromatic carbocycles. The number of amides is 1. The Kier molecular flexibility index (Phi) is 7.85. The normalized spacial score (nSPS) is 20.6. The van der Waals surface area contributed by atoms with Crippen molar-refractivity contribution in [1.82, 2.24) is 5.32 Å². The topological polar surface area (TPSA) is 180 Å². The minimum absolute atomic E-state index is 0.0166. The highest BCUT2D eigenvalue weighted by atomic mass is 16.5. The van der Waals surface area contributed by atoms with Gasteiger partial charge in [-0.25, -0.2) is 0 Å². The van der Waals surface area contributed by atoms with Gasteiger partial charge in [-0.05, 0) is 40.5 Å². The van der Waals surface area contributed by atoms with E-state index in [-0.39, 0.29) is 65.7 Å². The molecule has 3 rings (SSSR count). The van der Waals surface area contributed by atoms with Gasteiger partial charge in [-0.3, -0.25) is 29.0 Å². The van der Waals surface area contributed by atoms with Crippen molar-refractivity contribution in [3.63, 3.8) is 0 Å². The average Bonchev–Trinajstić information content (AvgIpc) is 3.10.